The molecule has 2 N–H and O–H groups in total. The van der Waals surface area contributed by atoms with Gasteiger partial charge in [-0.05, 0) is 60.3 Å². The minimum absolute atomic E-state index is 0.294. The Balaban J connectivity index is 2.15. The quantitative estimate of drug-likeness (QED) is 0.686. The van der Waals surface area contributed by atoms with Crippen molar-refractivity contribution in [2.45, 2.75) is 51.0 Å². The number of fused-ring (bicyclic) bond motifs is 2. The summed E-state index contributed by atoms with van der Waals surface area (Å²) in [7, 11) is 0. The zero-order valence-corrected chi connectivity index (χ0v) is 9.42. The van der Waals surface area contributed by atoms with Gasteiger partial charge in [0.25, 0.3) is 0 Å². The lowest BCUT2D eigenvalue weighted by molar-refractivity contribution is 0.513. The Labute approximate surface area is 91.7 Å². The van der Waals surface area contributed by atoms with Crippen LogP contribution in [0.15, 0.2) is 12.1 Å². The molecule has 2 aliphatic carbocycles. The van der Waals surface area contributed by atoms with Gasteiger partial charge in [-0.1, -0.05) is 19.1 Å². The van der Waals surface area contributed by atoms with Crippen LogP contribution in [0.2, 0.25) is 0 Å². The van der Waals surface area contributed by atoms with Crippen molar-refractivity contribution in [2.75, 3.05) is 0 Å². The fourth-order valence-electron chi connectivity index (χ4n) is 3.15. The first-order valence-corrected chi connectivity index (χ1v) is 6.17. The third kappa shape index (κ3) is 1.41. The molecule has 1 nitrogen and oxygen atoms in total. The second-order valence-electron chi connectivity index (χ2n) is 5.19. The molecule has 80 valence electrons. The smallest absolute Gasteiger partial charge is 0.0297 e. The van der Waals surface area contributed by atoms with Crippen LogP contribution in [0.4, 0.5) is 0 Å². The summed E-state index contributed by atoms with van der Waals surface area (Å²) < 4.78 is 0. The van der Waals surface area contributed by atoms with E-state index in [1.165, 1.54) is 36.8 Å². The Morgan fingerprint density at radius 3 is 2.47 bits per heavy atom. The molecule has 3 rings (SSSR count). The van der Waals surface area contributed by atoms with Gasteiger partial charge >= 0.3 is 0 Å². The van der Waals surface area contributed by atoms with Crippen LogP contribution in [0.1, 0.15) is 60.4 Å². The number of aryl methyl sites for hydroxylation is 2. The number of benzene rings is 1. The van der Waals surface area contributed by atoms with Crippen molar-refractivity contribution < 1.29 is 0 Å². The van der Waals surface area contributed by atoms with Crippen LogP contribution in [0.3, 0.4) is 0 Å². The van der Waals surface area contributed by atoms with Crippen LogP contribution in [-0.2, 0) is 12.8 Å². The summed E-state index contributed by atoms with van der Waals surface area (Å²) in [5.41, 5.74) is 12.3. The minimum atomic E-state index is 0.294. The average molecular weight is 201 g/mol. The Kier molecular flexibility index (Phi) is 2.10. The van der Waals surface area contributed by atoms with Crippen molar-refractivity contribution in [3.05, 3.63) is 34.4 Å². The largest absolute Gasteiger partial charge is 0.324 e. The Morgan fingerprint density at radius 2 is 1.73 bits per heavy atom. The van der Waals surface area contributed by atoms with Gasteiger partial charge in [-0.3, -0.25) is 0 Å². The van der Waals surface area contributed by atoms with Crippen LogP contribution >= 0.6 is 0 Å². The van der Waals surface area contributed by atoms with E-state index in [1.54, 1.807) is 11.1 Å². The summed E-state index contributed by atoms with van der Waals surface area (Å²) >= 11 is 0. The van der Waals surface area contributed by atoms with E-state index in [0.717, 1.165) is 6.42 Å². The molecule has 1 aromatic carbocycles. The summed E-state index contributed by atoms with van der Waals surface area (Å²) in [6.45, 7) is 2.34. The van der Waals surface area contributed by atoms with Crippen LogP contribution in [-0.4, -0.2) is 0 Å². The molecule has 0 saturated heterocycles. The number of nitrogens with two attached hydrogens (primary N) is 1. The first-order valence-electron chi connectivity index (χ1n) is 6.17. The fourth-order valence-corrected chi connectivity index (χ4v) is 3.15. The maximum absolute atomic E-state index is 6.20. The molecule has 2 atom stereocenters. The molecule has 0 bridgehead atoms. The maximum Gasteiger partial charge on any atom is 0.0297 e. The lowest BCUT2D eigenvalue weighted by Crippen LogP contribution is -2.19. The van der Waals surface area contributed by atoms with Crippen LogP contribution in [0, 0.1) is 0 Å². The molecule has 0 aliphatic heterocycles. The molecule has 0 heterocycles. The van der Waals surface area contributed by atoms with Gasteiger partial charge in [0.1, 0.15) is 0 Å². The van der Waals surface area contributed by atoms with Crippen LogP contribution < -0.4 is 5.73 Å². The molecule has 0 aromatic heterocycles. The Hall–Kier alpha value is -0.820. The van der Waals surface area contributed by atoms with Gasteiger partial charge < -0.3 is 5.73 Å². The zero-order chi connectivity index (χ0) is 10.4. The predicted octanol–water partition coefficient (Wildman–Crippen LogP) is 3.07. The SMILES string of the molecule is CC1CCC(N)c2cc3c(cc21)CCC3. The number of hydrogen-bond donors (Lipinski definition) is 1. The summed E-state index contributed by atoms with van der Waals surface area (Å²) in [5, 5.41) is 0. The third-order valence-corrected chi connectivity index (χ3v) is 4.14. The molecule has 1 heteroatoms. The maximum atomic E-state index is 6.20. The van der Waals surface area contributed by atoms with Gasteiger partial charge in [0.2, 0.25) is 0 Å². The monoisotopic (exact) mass is 201 g/mol. The van der Waals surface area contributed by atoms with E-state index in [0.29, 0.717) is 12.0 Å². The lowest BCUT2D eigenvalue weighted by atomic mass is 9.80. The molecule has 0 fully saturated rings. The minimum Gasteiger partial charge on any atom is -0.324 e. The second kappa shape index (κ2) is 3.34. The molecule has 1 aromatic rings. The summed E-state index contributed by atoms with van der Waals surface area (Å²) in [5.74, 6) is 0.714. The van der Waals surface area contributed by atoms with Crippen molar-refractivity contribution in [3.8, 4) is 0 Å². The van der Waals surface area contributed by atoms with Crippen LogP contribution in [0.5, 0.6) is 0 Å². The van der Waals surface area contributed by atoms with E-state index < -0.39 is 0 Å². The van der Waals surface area contributed by atoms with E-state index >= 15 is 0 Å². The van der Waals surface area contributed by atoms with Gasteiger partial charge in [-0.15, -0.1) is 0 Å². The van der Waals surface area contributed by atoms with E-state index in [1.807, 2.05) is 0 Å². The number of rotatable bonds is 0. The molecule has 0 amide bonds. The molecule has 0 spiro atoms. The Morgan fingerprint density at radius 1 is 1.07 bits per heavy atom. The van der Waals surface area contributed by atoms with Crippen molar-refractivity contribution in [1.82, 2.24) is 0 Å². The third-order valence-electron chi connectivity index (χ3n) is 4.14. The first-order chi connectivity index (χ1) is 7.25. The Bertz CT molecular complexity index is 358. The van der Waals surface area contributed by atoms with Gasteiger partial charge in [0.15, 0.2) is 0 Å². The topological polar surface area (TPSA) is 26.0 Å². The summed E-state index contributed by atoms with van der Waals surface area (Å²) in [6, 6.07) is 5.14. The summed E-state index contributed by atoms with van der Waals surface area (Å²) in [4.78, 5) is 0. The van der Waals surface area contributed by atoms with Crippen molar-refractivity contribution in [2.24, 2.45) is 5.73 Å². The van der Waals surface area contributed by atoms with Gasteiger partial charge in [-0.2, -0.15) is 0 Å². The highest BCUT2D eigenvalue weighted by molar-refractivity contribution is 5.44. The van der Waals surface area contributed by atoms with E-state index in [9.17, 15) is 0 Å². The van der Waals surface area contributed by atoms with Crippen molar-refractivity contribution in [1.29, 1.82) is 0 Å². The highest BCUT2D eigenvalue weighted by atomic mass is 14.6. The normalized spacial score (nSPS) is 28.7. The van der Waals surface area contributed by atoms with E-state index in [-0.39, 0.29) is 0 Å². The molecule has 0 saturated carbocycles. The summed E-state index contributed by atoms with van der Waals surface area (Å²) in [6.07, 6.45) is 6.30. The zero-order valence-electron chi connectivity index (χ0n) is 9.42. The van der Waals surface area contributed by atoms with Gasteiger partial charge in [0.05, 0.1) is 0 Å². The second-order valence-corrected chi connectivity index (χ2v) is 5.19. The molecule has 15 heavy (non-hydrogen) atoms. The number of hydrogen-bond acceptors (Lipinski definition) is 1. The van der Waals surface area contributed by atoms with E-state index in [2.05, 4.69) is 19.1 Å². The van der Waals surface area contributed by atoms with Gasteiger partial charge in [-0.25, -0.2) is 0 Å². The lowest BCUT2D eigenvalue weighted by Gasteiger charge is -2.28. The molecule has 2 unspecified atom stereocenters. The van der Waals surface area contributed by atoms with Crippen molar-refractivity contribution in [3.63, 3.8) is 0 Å². The highest BCUT2D eigenvalue weighted by Gasteiger charge is 2.24. The molecule has 0 radical (unpaired) electrons. The standard InChI is InChI=1S/C14H19N/c1-9-5-6-14(15)13-8-11-4-2-3-10(11)7-12(9)13/h7-9,14H,2-6,15H2,1H3. The predicted molar refractivity (Wildman–Crippen MR) is 63.0 cm³/mol. The first kappa shape index (κ1) is 9.41. The molecule has 2 aliphatic rings. The molecular formula is C14H19N. The van der Waals surface area contributed by atoms with Gasteiger partial charge in [0, 0.05) is 6.04 Å². The van der Waals surface area contributed by atoms with Crippen molar-refractivity contribution >= 4 is 0 Å². The average Bonchev–Trinajstić information content (AvgIpc) is 2.69. The van der Waals surface area contributed by atoms with E-state index in [4.69, 9.17) is 5.73 Å². The van der Waals surface area contributed by atoms with Crippen LogP contribution in [0.25, 0.3) is 0 Å². The molecular weight excluding hydrogens is 182 g/mol. The highest BCUT2D eigenvalue weighted by Crippen LogP contribution is 2.39. The fraction of sp³-hybridized carbons (Fsp3) is 0.571.